The Bertz CT molecular complexity index is 616. The maximum absolute atomic E-state index is 10.2. The molecule has 2 N–H and O–H groups in total. The summed E-state index contributed by atoms with van der Waals surface area (Å²) in [5.41, 5.74) is 4.34. The first-order valence-electron chi connectivity index (χ1n) is 9.19. The minimum Gasteiger partial charge on any atom is -0.508 e. The van der Waals surface area contributed by atoms with Crippen LogP contribution in [0.15, 0.2) is 36.4 Å². The van der Waals surface area contributed by atoms with Crippen LogP contribution in [0.25, 0.3) is 0 Å². The molecule has 0 radical (unpaired) electrons. The first-order valence-corrected chi connectivity index (χ1v) is 9.19. The Morgan fingerprint density at radius 1 is 0.667 bits per heavy atom. The fraction of sp³-hybridized carbons (Fsp3) is 0.455. The molecule has 0 bridgehead atoms. The lowest BCUT2D eigenvalue weighted by Crippen LogP contribution is -2.10. The lowest BCUT2D eigenvalue weighted by atomic mass is 9.78. The highest BCUT2D eigenvalue weighted by atomic mass is 16.3. The van der Waals surface area contributed by atoms with E-state index >= 15 is 0 Å². The number of rotatable bonds is 7. The van der Waals surface area contributed by atoms with Crippen LogP contribution in [0.3, 0.4) is 0 Å². The highest BCUT2D eigenvalue weighted by Gasteiger charge is 2.23. The van der Waals surface area contributed by atoms with Gasteiger partial charge < -0.3 is 10.2 Å². The van der Waals surface area contributed by atoms with Crippen molar-refractivity contribution in [2.45, 2.75) is 65.2 Å². The fourth-order valence-corrected chi connectivity index (χ4v) is 3.73. The minimum atomic E-state index is 0.332. The zero-order valence-corrected chi connectivity index (χ0v) is 15.3. The van der Waals surface area contributed by atoms with Gasteiger partial charge in [-0.25, -0.2) is 0 Å². The van der Waals surface area contributed by atoms with E-state index in [4.69, 9.17) is 0 Å². The van der Waals surface area contributed by atoms with Gasteiger partial charge in [0.15, 0.2) is 0 Å². The lowest BCUT2D eigenvalue weighted by Gasteiger charge is -2.27. The van der Waals surface area contributed by atoms with Crippen LogP contribution < -0.4 is 0 Å². The Morgan fingerprint density at radius 3 is 1.29 bits per heavy atom. The Labute approximate surface area is 146 Å². The standard InChI is InChI=1S/C22H30O2/c1-5-15-9-11-17(13-21(15)23)19(7-3)20(8-4)18-12-10-16(6-2)22(24)14-18/h9-14,19-20,23-24H,5-8H2,1-4H3. The number of hydrogen-bond donors (Lipinski definition) is 2. The van der Waals surface area contributed by atoms with Gasteiger partial charge in [0, 0.05) is 0 Å². The smallest absolute Gasteiger partial charge is 0.119 e. The average Bonchev–Trinajstić information content (AvgIpc) is 2.59. The van der Waals surface area contributed by atoms with Crippen molar-refractivity contribution in [1.29, 1.82) is 0 Å². The number of aryl methyl sites for hydroxylation is 2. The molecular weight excluding hydrogens is 296 g/mol. The topological polar surface area (TPSA) is 40.5 Å². The van der Waals surface area contributed by atoms with Gasteiger partial charge in [0.1, 0.15) is 11.5 Å². The summed E-state index contributed by atoms with van der Waals surface area (Å²) < 4.78 is 0. The first-order chi connectivity index (χ1) is 11.5. The summed E-state index contributed by atoms with van der Waals surface area (Å²) in [4.78, 5) is 0. The monoisotopic (exact) mass is 326 g/mol. The molecule has 0 fully saturated rings. The Balaban J connectivity index is 2.39. The van der Waals surface area contributed by atoms with E-state index in [2.05, 4.69) is 39.8 Å². The van der Waals surface area contributed by atoms with Crippen molar-refractivity contribution in [2.75, 3.05) is 0 Å². The Kier molecular flexibility index (Phi) is 6.30. The van der Waals surface area contributed by atoms with E-state index in [1.165, 1.54) is 11.1 Å². The fourth-order valence-electron chi connectivity index (χ4n) is 3.73. The van der Waals surface area contributed by atoms with Crippen LogP contribution in [0.5, 0.6) is 11.5 Å². The molecule has 0 aliphatic carbocycles. The summed E-state index contributed by atoms with van der Waals surface area (Å²) >= 11 is 0. The van der Waals surface area contributed by atoms with Crippen molar-refractivity contribution in [2.24, 2.45) is 0 Å². The Hall–Kier alpha value is -1.96. The number of benzene rings is 2. The molecule has 0 aromatic heterocycles. The molecule has 0 heterocycles. The highest BCUT2D eigenvalue weighted by molar-refractivity contribution is 5.42. The normalized spacial score (nSPS) is 13.7. The van der Waals surface area contributed by atoms with E-state index in [1.54, 1.807) is 0 Å². The van der Waals surface area contributed by atoms with Gasteiger partial charge >= 0.3 is 0 Å². The molecule has 2 aromatic carbocycles. The molecule has 2 heteroatoms. The van der Waals surface area contributed by atoms with Crippen molar-refractivity contribution >= 4 is 0 Å². The summed E-state index contributed by atoms with van der Waals surface area (Å²) in [5.74, 6) is 1.46. The predicted octanol–water partition coefficient (Wildman–Crippen LogP) is 5.91. The molecular formula is C22H30O2. The molecule has 0 spiro atoms. The van der Waals surface area contributed by atoms with Gasteiger partial charge in [-0.3, -0.25) is 0 Å². The van der Waals surface area contributed by atoms with Gasteiger partial charge in [-0.1, -0.05) is 52.0 Å². The molecule has 0 saturated heterocycles. The van der Waals surface area contributed by atoms with Crippen molar-refractivity contribution in [1.82, 2.24) is 0 Å². The molecule has 0 saturated carbocycles. The second-order valence-electron chi connectivity index (χ2n) is 6.51. The van der Waals surface area contributed by atoms with Crippen LogP contribution in [0, 0.1) is 0 Å². The summed E-state index contributed by atoms with van der Waals surface area (Å²) in [7, 11) is 0. The van der Waals surface area contributed by atoms with Crippen LogP contribution >= 0.6 is 0 Å². The maximum atomic E-state index is 10.2. The molecule has 2 rings (SSSR count). The third-order valence-corrected chi connectivity index (χ3v) is 5.20. The maximum Gasteiger partial charge on any atom is 0.119 e. The summed E-state index contributed by atoms with van der Waals surface area (Å²) in [6.07, 6.45) is 3.68. The molecule has 2 unspecified atom stereocenters. The highest BCUT2D eigenvalue weighted by Crippen LogP contribution is 2.40. The van der Waals surface area contributed by atoms with Crippen LogP contribution in [-0.2, 0) is 12.8 Å². The van der Waals surface area contributed by atoms with E-state index in [1.807, 2.05) is 24.3 Å². The lowest BCUT2D eigenvalue weighted by molar-refractivity contribution is 0.457. The zero-order valence-electron chi connectivity index (χ0n) is 15.3. The minimum absolute atomic E-state index is 0.332. The molecule has 0 aliphatic rings. The van der Waals surface area contributed by atoms with Crippen LogP contribution in [0.4, 0.5) is 0 Å². The van der Waals surface area contributed by atoms with Gasteiger partial charge in [-0.2, -0.15) is 0 Å². The average molecular weight is 326 g/mol. The third-order valence-electron chi connectivity index (χ3n) is 5.20. The number of phenolic OH excluding ortho intramolecular Hbond substituents is 2. The third kappa shape index (κ3) is 3.75. The first kappa shape index (κ1) is 18.4. The van der Waals surface area contributed by atoms with Gasteiger partial charge in [-0.05, 0) is 71.9 Å². The zero-order chi connectivity index (χ0) is 17.7. The number of phenols is 2. The summed E-state index contributed by atoms with van der Waals surface area (Å²) in [6.45, 7) is 8.49. The number of aromatic hydroxyl groups is 2. The van der Waals surface area contributed by atoms with Gasteiger partial charge in [0.05, 0.1) is 0 Å². The molecule has 2 atom stereocenters. The van der Waals surface area contributed by atoms with E-state index in [-0.39, 0.29) is 0 Å². The predicted molar refractivity (Wildman–Crippen MR) is 101 cm³/mol. The summed E-state index contributed by atoms with van der Waals surface area (Å²) in [5, 5.41) is 20.5. The molecule has 2 aromatic rings. The van der Waals surface area contributed by atoms with Crippen molar-refractivity contribution in [3.8, 4) is 11.5 Å². The largest absolute Gasteiger partial charge is 0.508 e. The quantitative estimate of drug-likeness (QED) is 0.664. The van der Waals surface area contributed by atoms with Crippen LogP contribution in [0.1, 0.15) is 74.6 Å². The van der Waals surface area contributed by atoms with Crippen molar-refractivity contribution < 1.29 is 10.2 Å². The van der Waals surface area contributed by atoms with Crippen molar-refractivity contribution in [3.05, 3.63) is 58.7 Å². The van der Waals surface area contributed by atoms with E-state index < -0.39 is 0 Å². The van der Waals surface area contributed by atoms with E-state index in [9.17, 15) is 10.2 Å². The van der Waals surface area contributed by atoms with E-state index in [0.29, 0.717) is 23.3 Å². The van der Waals surface area contributed by atoms with Gasteiger partial charge in [-0.15, -0.1) is 0 Å². The van der Waals surface area contributed by atoms with Gasteiger partial charge in [0.2, 0.25) is 0 Å². The van der Waals surface area contributed by atoms with Crippen LogP contribution in [0.2, 0.25) is 0 Å². The van der Waals surface area contributed by atoms with Crippen molar-refractivity contribution in [3.63, 3.8) is 0 Å². The number of hydrogen-bond acceptors (Lipinski definition) is 2. The van der Waals surface area contributed by atoms with Gasteiger partial charge in [0.25, 0.3) is 0 Å². The Morgan fingerprint density at radius 2 is 1.04 bits per heavy atom. The molecule has 0 amide bonds. The molecule has 24 heavy (non-hydrogen) atoms. The van der Waals surface area contributed by atoms with E-state index in [0.717, 1.165) is 36.8 Å². The SMILES string of the molecule is CCc1ccc(C(CC)C(CC)c2ccc(CC)c(O)c2)cc1O. The van der Waals surface area contributed by atoms with Crippen LogP contribution in [-0.4, -0.2) is 10.2 Å². The molecule has 0 aliphatic heterocycles. The summed E-state index contributed by atoms with van der Waals surface area (Å²) in [6, 6.07) is 12.2. The second-order valence-corrected chi connectivity index (χ2v) is 6.51. The second kappa shape index (κ2) is 8.23. The molecule has 2 nitrogen and oxygen atoms in total. The molecule has 130 valence electrons.